The van der Waals surface area contributed by atoms with Gasteiger partial charge < -0.3 is 10.4 Å². The van der Waals surface area contributed by atoms with E-state index in [1.54, 1.807) is 16.2 Å². The van der Waals surface area contributed by atoms with Gasteiger partial charge in [0.1, 0.15) is 6.04 Å². The lowest BCUT2D eigenvalue weighted by molar-refractivity contribution is -0.151. The van der Waals surface area contributed by atoms with Crippen LogP contribution in [0.4, 0.5) is 0 Å². The summed E-state index contributed by atoms with van der Waals surface area (Å²) in [5, 5.41) is 14.3. The number of nitrogens with zero attached hydrogens (tertiary/aromatic N) is 1. The topological polar surface area (TPSA) is 69.6 Å². The first-order valence-electron chi connectivity index (χ1n) is 7.16. The van der Waals surface area contributed by atoms with E-state index >= 15 is 0 Å². The molecule has 0 aliphatic carbocycles. The first-order chi connectivity index (χ1) is 9.90. The van der Waals surface area contributed by atoms with Gasteiger partial charge >= 0.3 is 5.97 Å². The molecule has 6 heteroatoms. The van der Waals surface area contributed by atoms with Crippen molar-refractivity contribution in [2.45, 2.75) is 39.3 Å². The van der Waals surface area contributed by atoms with Crippen molar-refractivity contribution in [2.75, 3.05) is 13.1 Å². The molecule has 21 heavy (non-hydrogen) atoms. The van der Waals surface area contributed by atoms with Crippen molar-refractivity contribution >= 4 is 23.2 Å². The molecule has 0 spiro atoms. The van der Waals surface area contributed by atoms with Gasteiger partial charge in [-0.3, -0.25) is 14.5 Å². The fourth-order valence-corrected chi connectivity index (χ4v) is 3.64. The van der Waals surface area contributed by atoms with E-state index in [4.69, 9.17) is 0 Å². The summed E-state index contributed by atoms with van der Waals surface area (Å²) in [5.74, 6) is -0.960. The molecule has 2 rings (SSSR count). The second-order valence-electron chi connectivity index (χ2n) is 6.16. The lowest BCUT2D eigenvalue weighted by Gasteiger charge is -2.43. The summed E-state index contributed by atoms with van der Waals surface area (Å²) in [6, 6.07) is 3.31. The molecule has 1 fully saturated rings. The number of carbonyl (C=O) groups excluding carboxylic acids is 1. The van der Waals surface area contributed by atoms with Crippen LogP contribution in [-0.2, 0) is 16.1 Å². The highest BCUT2D eigenvalue weighted by Gasteiger charge is 2.42. The van der Waals surface area contributed by atoms with E-state index in [1.807, 2.05) is 31.4 Å². The van der Waals surface area contributed by atoms with Crippen LogP contribution in [0, 0.1) is 5.41 Å². The molecular weight excluding hydrogens is 288 g/mol. The first-order valence-corrected chi connectivity index (χ1v) is 8.04. The van der Waals surface area contributed by atoms with Crippen molar-refractivity contribution in [3.63, 3.8) is 0 Å². The molecule has 2 heterocycles. The normalized spacial score (nSPS) is 21.9. The van der Waals surface area contributed by atoms with E-state index in [0.717, 1.165) is 17.7 Å². The molecule has 2 N–H and O–H groups in total. The van der Waals surface area contributed by atoms with Crippen LogP contribution >= 0.6 is 11.3 Å². The highest BCUT2D eigenvalue weighted by Crippen LogP contribution is 2.35. The highest BCUT2D eigenvalue weighted by molar-refractivity contribution is 7.09. The smallest absolute Gasteiger partial charge is 0.321 e. The fraction of sp³-hybridized carbons (Fsp3) is 0.600. The predicted octanol–water partition coefficient (Wildman–Crippen LogP) is 1.94. The van der Waals surface area contributed by atoms with Gasteiger partial charge in [-0.15, -0.1) is 11.3 Å². The molecule has 0 bridgehead atoms. The maximum Gasteiger partial charge on any atom is 0.321 e. The van der Waals surface area contributed by atoms with Crippen molar-refractivity contribution in [2.24, 2.45) is 5.41 Å². The number of aliphatic carboxylic acids is 1. The van der Waals surface area contributed by atoms with Gasteiger partial charge in [0.15, 0.2) is 0 Å². The Hall–Kier alpha value is -1.40. The third-order valence-corrected chi connectivity index (χ3v) is 4.87. The lowest BCUT2D eigenvalue weighted by atomic mass is 9.76. The quantitative estimate of drug-likeness (QED) is 0.872. The number of carboxylic acids is 1. The molecule has 0 saturated carbocycles. The number of thiophene rings is 1. The highest BCUT2D eigenvalue weighted by atomic mass is 32.1. The van der Waals surface area contributed by atoms with E-state index in [1.165, 1.54) is 0 Å². The number of amides is 1. The third kappa shape index (κ3) is 4.04. The molecule has 1 atom stereocenters. The Bertz CT molecular complexity index is 499. The zero-order chi connectivity index (χ0) is 15.5. The predicted molar refractivity (Wildman–Crippen MR) is 82.2 cm³/mol. The Balaban J connectivity index is 1.93. The molecule has 0 radical (unpaired) electrons. The second kappa shape index (κ2) is 6.58. The van der Waals surface area contributed by atoms with E-state index in [9.17, 15) is 14.7 Å². The maximum atomic E-state index is 12.0. The first kappa shape index (κ1) is 16.0. The molecule has 1 aromatic rings. The number of nitrogens with one attached hydrogen (secondary N) is 1. The molecule has 1 amide bonds. The van der Waals surface area contributed by atoms with E-state index in [-0.39, 0.29) is 17.9 Å². The lowest BCUT2D eigenvalue weighted by Crippen LogP contribution is -2.56. The van der Waals surface area contributed by atoms with Gasteiger partial charge in [0.2, 0.25) is 5.91 Å². The molecule has 5 nitrogen and oxygen atoms in total. The van der Waals surface area contributed by atoms with Crippen molar-refractivity contribution < 1.29 is 14.7 Å². The van der Waals surface area contributed by atoms with Crippen LogP contribution in [0.3, 0.4) is 0 Å². The molecule has 1 saturated heterocycles. The second-order valence-corrected chi connectivity index (χ2v) is 7.19. The van der Waals surface area contributed by atoms with Crippen LogP contribution in [0.1, 0.15) is 31.6 Å². The van der Waals surface area contributed by atoms with Gasteiger partial charge in [-0.1, -0.05) is 19.9 Å². The van der Waals surface area contributed by atoms with Crippen LogP contribution < -0.4 is 5.32 Å². The molecule has 1 aliphatic heterocycles. The maximum absolute atomic E-state index is 12.0. The average molecular weight is 310 g/mol. The summed E-state index contributed by atoms with van der Waals surface area (Å²) in [4.78, 5) is 26.5. The number of piperidine rings is 1. The summed E-state index contributed by atoms with van der Waals surface area (Å²) in [6.07, 6.45) is 1.80. The summed E-state index contributed by atoms with van der Waals surface area (Å²) in [5.41, 5.74) is -0.307. The van der Waals surface area contributed by atoms with Crippen LogP contribution in [0.2, 0.25) is 0 Å². The minimum atomic E-state index is -0.842. The van der Waals surface area contributed by atoms with Crippen molar-refractivity contribution in [3.8, 4) is 0 Å². The zero-order valence-electron chi connectivity index (χ0n) is 12.5. The molecule has 116 valence electrons. The Labute approximate surface area is 129 Å². The molecular formula is C15H22N2O3S. The third-order valence-electron chi connectivity index (χ3n) is 3.99. The molecule has 1 aromatic heterocycles. The summed E-state index contributed by atoms with van der Waals surface area (Å²) in [6.45, 7) is 5.23. The monoisotopic (exact) mass is 310 g/mol. The molecule has 0 aromatic carbocycles. The number of hydrogen-bond acceptors (Lipinski definition) is 4. The fourth-order valence-electron chi connectivity index (χ4n) is 3.00. The van der Waals surface area contributed by atoms with Crippen LogP contribution in [-0.4, -0.2) is 41.0 Å². The standard InChI is InChI=1S/C15H22N2O3S/c1-15(2)6-4-7-17(13(15)14(19)20)10-12(18)16-9-11-5-3-8-21-11/h3,5,8,13H,4,6-7,9-10H2,1-2H3,(H,16,18)(H,19,20). The van der Waals surface area contributed by atoms with Gasteiger partial charge in [0.05, 0.1) is 13.1 Å². The number of carboxylic acid groups (broad SMARTS) is 1. The SMILES string of the molecule is CC1(C)CCCN(CC(=O)NCc2cccs2)C1C(=O)O. The van der Waals surface area contributed by atoms with E-state index < -0.39 is 12.0 Å². The Kier molecular flexibility index (Phi) is 5.00. The summed E-state index contributed by atoms with van der Waals surface area (Å²) < 4.78 is 0. The average Bonchev–Trinajstić information content (AvgIpc) is 2.87. The minimum absolute atomic E-state index is 0.118. The Morgan fingerprint density at radius 3 is 2.90 bits per heavy atom. The largest absolute Gasteiger partial charge is 0.480 e. The molecule has 1 aliphatic rings. The van der Waals surface area contributed by atoms with E-state index in [2.05, 4.69) is 5.32 Å². The van der Waals surface area contributed by atoms with Crippen LogP contribution in [0.15, 0.2) is 17.5 Å². The van der Waals surface area contributed by atoms with Gasteiger partial charge in [0.25, 0.3) is 0 Å². The zero-order valence-corrected chi connectivity index (χ0v) is 13.3. The van der Waals surface area contributed by atoms with Gasteiger partial charge in [-0.05, 0) is 36.2 Å². The number of hydrogen-bond donors (Lipinski definition) is 2. The number of likely N-dealkylation sites (tertiary alicyclic amines) is 1. The van der Waals surface area contributed by atoms with Gasteiger partial charge in [0, 0.05) is 4.88 Å². The van der Waals surface area contributed by atoms with E-state index in [0.29, 0.717) is 13.1 Å². The minimum Gasteiger partial charge on any atom is -0.480 e. The van der Waals surface area contributed by atoms with Crippen molar-refractivity contribution in [1.82, 2.24) is 10.2 Å². The Morgan fingerprint density at radius 1 is 1.52 bits per heavy atom. The van der Waals surface area contributed by atoms with Crippen LogP contribution in [0.25, 0.3) is 0 Å². The van der Waals surface area contributed by atoms with Gasteiger partial charge in [-0.2, -0.15) is 0 Å². The number of rotatable bonds is 5. The summed E-state index contributed by atoms with van der Waals surface area (Å²) in [7, 11) is 0. The summed E-state index contributed by atoms with van der Waals surface area (Å²) >= 11 is 1.59. The number of carbonyl (C=O) groups is 2. The molecule has 1 unspecified atom stereocenters. The van der Waals surface area contributed by atoms with Crippen LogP contribution in [0.5, 0.6) is 0 Å². The van der Waals surface area contributed by atoms with Crippen molar-refractivity contribution in [3.05, 3.63) is 22.4 Å². The van der Waals surface area contributed by atoms with Crippen molar-refractivity contribution in [1.29, 1.82) is 0 Å². The Morgan fingerprint density at radius 2 is 2.29 bits per heavy atom. The van der Waals surface area contributed by atoms with Gasteiger partial charge in [-0.25, -0.2) is 0 Å².